The number of nitrogens with zero attached hydrogens (tertiary/aromatic N) is 2. The molecule has 2 unspecified atom stereocenters. The highest BCUT2D eigenvalue weighted by atomic mass is 16.5. The summed E-state index contributed by atoms with van der Waals surface area (Å²) in [4.78, 5) is 26.7. The number of primary amides is 1. The van der Waals surface area contributed by atoms with Crippen molar-refractivity contribution in [3.05, 3.63) is 0 Å². The van der Waals surface area contributed by atoms with Gasteiger partial charge in [-0.3, -0.25) is 14.5 Å². The van der Waals surface area contributed by atoms with Gasteiger partial charge in [-0.05, 0) is 5.92 Å². The van der Waals surface area contributed by atoms with Gasteiger partial charge in [0.05, 0.1) is 18.7 Å². The summed E-state index contributed by atoms with van der Waals surface area (Å²) in [6.07, 6.45) is 0.0146. The Labute approximate surface area is 107 Å². The Morgan fingerprint density at radius 3 is 2.83 bits per heavy atom. The van der Waals surface area contributed by atoms with Crippen LogP contribution < -0.4 is 5.73 Å². The highest BCUT2D eigenvalue weighted by Gasteiger charge is 2.43. The summed E-state index contributed by atoms with van der Waals surface area (Å²) in [6.45, 7) is 6.95. The first-order valence-corrected chi connectivity index (χ1v) is 6.39. The standard InChI is InChI=1S/C12H21N3O3/c1-8(2)3-14-4-9-10(5-14)18-7-12(17)15(9)6-11(13)16/h8-10H,3-7H2,1-2H3,(H2,13,16). The maximum atomic E-state index is 11.8. The molecule has 2 aliphatic rings. The van der Waals surface area contributed by atoms with Crippen molar-refractivity contribution in [2.24, 2.45) is 11.7 Å². The van der Waals surface area contributed by atoms with E-state index in [-0.39, 0.29) is 31.2 Å². The summed E-state index contributed by atoms with van der Waals surface area (Å²) < 4.78 is 5.55. The zero-order valence-electron chi connectivity index (χ0n) is 11.0. The molecular formula is C12H21N3O3. The highest BCUT2D eigenvalue weighted by Crippen LogP contribution is 2.23. The average Bonchev–Trinajstić information content (AvgIpc) is 2.64. The number of ether oxygens (including phenoxy) is 1. The number of nitrogens with two attached hydrogens (primary N) is 1. The van der Waals surface area contributed by atoms with Crippen LogP contribution in [0.15, 0.2) is 0 Å². The molecule has 0 aromatic heterocycles. The molecule has 6 nitrogen and oxygen atoms in total. The van der Waals surface area contributed by atoms with Gasteiger partial charge in [0.1, 0.15) is 6.61 Å². The topological polar surface area (TPSA) is 75.9 Å². The lowest BCUT2D eigenvalue weighted by Gasteiger charge is -2.35. The van der Waals surface area contributed by atoms with Crippen LogP contribution in [0.1, 0.15) is 13.8 Å². The Balaban J connectivity index is 2.03. The molecule has 102 valence electrons. The molecule has 2 amide bonds. The largest absolute Gasteiger partial charge is 0.368 e. The molecule has 0 saturated carbocycles. The number of hydrogen-bond donors (Lipinski definition) is 1. The summed E-state index contributed by atoms with van der Waals surface area (Å²) >= 11 is 0. The molecule has 2 N–H and O–H groups in total. The van der Waals surface area contributed by atoms with Crippen molar-refractivity contribution in [3.8, 4) is 0 Å². The van der Waals surface area contributed by atoms with Gasteiger partial charge in [-0.15, -0.1) is 0 Å². The van der Waals surface area contributed by atoms with Crippen molar-refractivity contribution in [1.29, 1.82) is 0 Å². The molecule has 2 heterocycles. The minimum absolute atomic E-state index is 0.00111. The fourth-order valence-corrected chi connectivity index (χ4v) is 2.78. The lowest BCUT2D eigenvalue weighted by molar-refractivity contribution is -0.155. The van der Waals surface area contributed by atoms with Crippen molar-refractivity contribution in [2.45, 2.75) is 26.0 Å². The lowest BCUT2D eigenvalue weighted by atomic mass is 10.1. The zero-order valence-corrected chi connectivity index (χ0v) is 11.0. The van der Waals surface area contributed by atoms with Gasteiger partial charge in [-0.1, -0.05) is 13.8 Å². The molecule has 0 radical (unpaired) electrons. The van der Waals surface area contributed by atoms with E-state index in [4.69, 9.17) is 10.5 Å². The van der Waals surface area contributed by atoms with Crippen molar-refractivity contribution in [1.82, 2.24) is 9.80 Å². The summed E-state index contributed by atoms with van der Waals surface area (Å²) in [7, 11) is 0. The molecule has 18 heavy (non-hydrogen) atoms. The first kappa shape index (κ1) is 13.3. The van der Waals surface area contributed by atoms with E-state index in [2.05, 4.69) is 18.7 Å². The van der Waals surface area contributed by atoms with E-state index in [0.29, 0.717) is 5.92 Å². The Kier molecular flexibility index (Phi) is 3.87. The minimum Gasteiger partial charge on any atom is -0.368 e. The average molecular weight is 255 g/mol. The molecular weight excluding hydrogens is 234 g/mol. The van der Waals surface area contributed by atoms with E-state index < -0.39 is 5.91 Å². The van der Waals surface area contributed by atoms with Gasteiger partial charge in [0.2, 0.25) is 11.8 Å². The molecule has 0 bridgehead atoms. The van der Waals surface area contributed by atoms with Crippen molar-refractivity contribution in [2.75, 3.05) is 32.8 Å². The Hall–Kier alpha value is -1.14. The smallest absolute Gasteiger partial charge is 0.249 e. The molecule has 2 aliphatic heterocycles. The fraction of sp³-hybridized carbons (Fsp3) is 0.833. The van der Waals surface area contributed by atoms with Crippen molar-refractivity contribution in [3.63, 3.8) is 0 Å². The quantitative estimate of drug-likeness (QED) is 0.702. The number of rotatable bonds is 4. The van der Waals surface area contributed by atoms with Crippen LogP contribution in [0.2, 0.25) is 0 Å². The molecule has 2 atom stereocenters. The lowest BCUT2D eigenvalue weighted by Crippen LogP contribution is -2.56. The third-order valence-electron chi connectivity index (χ3n) is 3.40. The van der Waals surface area contributed by atoms with Gasteiger partial charge in [0, 0.05) is 19.6 Å². The van der Waals surface area contributed by atoms with E-state index in [9.17, 15) is 9.59 Å². The van der Waals surface area contributed by atoms with Crippen LogP contribution in [0, 0.1) is 5.92 Å². The monoisotopic (exact) mass is 255 g/mol. The number of amides is 2. The van der Waals surface area contributed by atoms with Gasteiger partial charge in [-0.25, -0.2) is 0 Å². The number of carbonyl (C=O) groups excluding carboxylic acids is 2. The number of carbonyl (C=O) groups is 2. The van der Waals surface area contributed by atoms with Crippen molar-refractivity contribution < 1.29 is 14.3 Å². The molecule has 0 aliphatic carbocycles. The Morgan fingerprint density at radius 2 is 2.22 bits per heavy atom. The number of likely N-dealkylation sites (tertiary alicyclic amines) is 1. The molecule has 0 spiro atoms. The van der Waals surface area contributed by atoms with Crippen LogP contribution in [0.4, 0.5) is 0 Å². The SMILES string of the molecule is CC(C)CN1CC2OCC(=O)N(CC(N)=O)C2C1. The van der Waals surface area contributed by atoms with Gasteiger partial charge in [-0.2, -0.15) is 0 Å². The molecule has 2 fully saturated rings. The maximum absolute atomic E-state index is 11.8. The number of fused-ring (bicyclic) bond motifs is 1. The molecule has 6 heteroatoms. The van der Waals surface area contributed by atoms with E-state index in [0.717, 1.165) is 19.6 Å². The van der Waals surface area contributed by atoms with Gasteiger partial charge < -0.3 is 15.4 Å². The van der Waals surface area contributed by atoms with E-state index in [1.807, 2.05) is 0 Å². The molecule has 2 saturated heterocycles. The Morgan fingerprint density at radius 1 is 1.50 bits per heavy atom. The van der Waals surface area contributed by atoms with Crippen LogP contribution >= 0.6 is 0 Å². The Bertz CT molecular complexity index is 345. The minimum atomic E-state index is -0.466. The summed E-state index contributed by atoms with van der Waals surface area (Å²) in [5.74, 6) is -0.0294. The van der Waals surface area contributed by atoms with Gasteiger partial charge >= 0.3 is 0 Å². The van der Waals surface area contributed by atoms with Crippen LogP contribution in [-0.2, 0) is 14.3 Å². The second kappa shape index (κ2) is 5.24. The van der Waals surface area contributed by atoms with Crippen LogP contribution in [0.3, 0.4) is 0 Å². The second-order valence-electron chi connectivity index (χ2n) is 5.52. The summed E-state index contributed by atoms with van der Waals surface area (Å²) in [5, 5.41) is 0. The van der Waals surface area contributed by atoms with Crippen LogP contribution in [0.5, 0.6) is 0 Å². The van der Waals surface area contributed by atoms with E-state index in [1.165, 1.54) is 0 Å². The predicted octanol–water partition coefficient (Wildman–Crippen LogP) is -0.961. The molecule has 2 rings (SSSR count). The number of hydrogen-bond acceptors (Lipinski definition) is 4. The van der Waals surface area contributed by atoms with Crippen molar-refractivity contribution >= 4 is 11.8 Å². The number of morpholine rings is 1. The second-order valence-corrected chi connectivity index (χ2v) is 5.52. The summed E-state index contributed by atoms with van der Waals surface area (Å²) in [5.41, 5.74) is 5.20. The third kappa shape index (κ3) is 2.81. The van der Waals surface area contributed by atoms with Crippen LogP contribution in [-0.4, -0.2) is 66.5 Å². The maximum Gasteiger partial charge on any atom is 0.249 e. The normalized spacial score (nSPS) is 28.8. The van der Waals surface area contributed by atoms with Gasteiger partial charge in [0.25, 0.3) is 0 Å². The molecule has 0 aromatic carbocycles. The first-order valence-electron chi connectivity index (χ1n) is 6.39. The third-order valence-corrected chi connectivity index (χ3v) is 3.40. The fourth-order valence-electron chi connectivity index (χ4n) is 2.78. The highest BCUT2D eigenvalue weighted by molar-refractivity contribution is 5.85. The molecule has 0 aromatic rings. The predicted molar refractivity (Wildman–Crippen MR) is 65.7 cm³/mol. The zero-order chi connectivity index (χ0) is 13.3. The van der Waals surface area contributed by atoms with E-state index in [1.54, 1.807) is 4.90 Å². The van der Waals surface area contributed by atoms with E-state index >= 15 is 0 Å². The van der Waals surface area contributed by atoms with Crippen LogP contribution in [0.25, 0.3) is 0 Å². The first-order chi connectivity index (χ1) is 8.47. The summed E-state index contributed by atoms with van der Waals surface area (Å²) in [6, 6.07) is -0.0301. The van der Waals surface area contributed by atoms with Gasteiger partial charge in [0.15, 0.2) is 0 Å².